The average Bonchev–Trinajstić information content (AvgIpc) is 2.63. The third-order valence-electron chi connectivity index (χ3n) is 3.89. The summed E-state index contributed by atoms with van der Waals surface area (Å²) < 4.78 is 69.5. The predicted molar refractivity (Wildman–Crippen MR) is 101 cm³/mol. The second-order valence-electron chi connectivity index (χ2n) is 6.04. The molecule has 0 spiro atoms. The summed E-state index contributed by atoms with van der Waals surface area (Å²) in [6.45, 7) is 1.83. The van der Waals surface area contributed by atoms with Gasteiger partial charge in [-0.1, -0.05) is 48.0 Å². The van der Waals surface area contributed by atoms with Crippen LogP contribution in [0.15, 0.2) is 77.7 Å². The van der Waals surface area contributed by atoms with Crippen LogP contribution in [-0.2, 0) is 10.0 Å². The highest BCUT2D eigenvalue weighted by Gasteiger charge is 2.31. The zero-order valence-corrected chi connectivity index (χ0v) is 15.5. The van der Waals surface area contributed by atoms with Gasteiger partial charge >= 0.3 is 6.36 Å². The van der Waals surface area contributed by atoms with Crippen molar-refractivity contribution in [3.05, 3.63) is 78.4 Å². The van der Waals surface area contributed by atoms with E-state index in [0.29, 0.717) is 5.56 Å². The van der Waals surface area contributed by atoms with E-state index in [4.69, 9.17) is 0 Å². The Balaban J connectivity index is 2.03. The molecular weight excluding hydrogens is 391 g/mol. The molecule has 0 saturated carbocycles. The van der Waals surface area contributed by atoms with Gasteiger partial charge in [-0.2, -0.15) is 0 Å². The second kappa shape index (κ2) is 7.55. The van der Waals surface area contributed by atoms with Gasteiger partial charge in [0.15, 0.2) is 0 Å². The first kappa shape index (κ1) is 19.8. The Labute approximate surface area is 160 Å². The molecule has 0 aliphatic heterocycles. The van der Waals surface area contributed by atoms with Gasteiger partial charge in [-0.05, 0) is 42.8 Å². The number of hydrogen-bond acceptors (Lipinski definition) is 3. The Morgan fingerprint density at radius 3 is 2.14 bits per heavy atom. The number of aryl methyl sites for hydroxylation is 1. The van der Waals surface area contributed by atoms with Crippen LogP contribution in [0, 0.1) is 6.92 Å². The summed E-state index contributed by atoms with van der Waals surface area (Å²) in [4.78, 5) is 0.0488. The van der Waals surface area contributed by atoms with E-state index >= 15 is 0 Å². The van der Waals surface area contributed by atoms with E-state index in [1.807, 2.05) is 6.92 Å². The van der Waals surface area contributed by atoms with E-state index in [1.165, 1.54) is 18.2 Å². The van der Waals surface area contributed by atoms with Gasteiger partial charge in [-0.3, -0.25) is 4.72 Å². The number of benzene rings is 3. The highest BCUT2D eigenvalue weighted by atomic mass is 32.2. The average molecular weight is 407 g/mol. The monoisotopic (exact) mass is 407 g/mol. The first-order chi connectivity index (χ1) is 13.1. The molecule has 1 N–H and O–H groups in total. The summed E-state index contributed by atoms with van der Waals surface area (Å²) in [5, 5.41) is 0. The van der Waals surface area contributed by atoms with E-state index < -0.39 is 22.1 Å². The minimum atomic E-state index is -4.85. The van der Waals surface area contributed by atoms with E-state index in [1.54, 1.807) is 42.5 Å². The van der Waals surface area contributed by atoms with Crippen LogP contribution in [0.3, 0.4) is 0 Å². The van der Waals surface area contributed by atoms with Crippen molar-refractivity contribution in [1.29, 1.82) is 0 Å². The Morgan fingerprint density at radius 1 is 0.893 bits per heavy atom. The Morgan fingerprint density at radius 2 is 1.54 bits per heavy atom. The molecule has 3 aromatic carbocycles. The maximum absolute atomic E-state index is 12.7. The molecule has 0 radical (unpaired) electrons. The number of ether oxygens (including phenoxy) is 1. The highest BCUT2D eigenvalue weighted by molar-refractivity contribution is 7.92. The lowest BCUT2D eigenvalue weighted by Crippen LogP contribution is -2.17. The Bertz CT molecular complexity index is 1060. The van der Waals surface area contributed by atoms with Crippen molar-refractivity contribution >= 4 is 15.7 Å². The molecule has 0 amide bonds. The molecule has 0 saturated heterocycles. The summed E-state index contributed by atoms with van der Waals surface area (Å²) >= 11 is 0. The Kier molecular flexibility index (Phi) is 5.33. The maximum Gasteiger partial charge on any atom is 0.573 e. The van der Waals surface area contributed by atoms with E-state index in [0.717, 1.165) is 17.7 Å². The van der Waals surface area contributed by atoms with E-state index in [-0.39, 0.29) is 16.1 Å². The summed E-state index contributed by atoms with van der Waals surface area (Å²) in [5.74, 6) is -0.440. The first-order valence-electron chi connectivity index (χ1n) is 8.19. The van der Waals surface area contributed by atoms with Crippen LogP contribution in [0.25, 0.3) is 11.1 Å². The molecule has 3 rings (SSSR count). The fourth-order valence-corrected chi connectivity index (χ4v) is 3.67. The van der Waals surface area contributed by atoms with Crippen LogP contribution in [0.1, 0.15) is 5.56 Å². The zero-order chi connectivity index (χ0) is 20.4. The highest BCUT2D eigenvalue weighted by Crippen LogP contribution is 2.35. The number of alkyl halides is 3. The van der Waals surface area contributed by atoms with Gasteiger partial charge in [0.1, 0.15) is 5.75 Å². The molecule has 146 valence electrons. The van der Waals surface area contributed by atoms with Crippen molar-refractivity contribution in [2.45, 2.75) is 18.2 Å². The summed E-state index contributed by atoms with van der Waals surface area (Å²) in [7, 11) is -3.92. The summed E-state index contributed by atoms with van der Waals surface area (Å²) in [5.41, 5.74) is 1.84. The van der Waals surface area contributed by atoms with Gasteiger partial charge in [0.2, 0.25) is 0 Å². The fourth-order valence-electron chi connectivity index (χ4n) is 2.59. The normalized spacial score (nSPS) is 11.9. The van der Waals surface area contributed by atoms with Gasteiger partial charge in [-0.15, -0.1) is 13.2 Å². The standard InChI is InChI=1S/C20H16F3NO3S/c1-14-7-10-17(11-8-14)28(25,26)24-19-12-9-16(27-20(21,22)23)13-18(19)15-5-3-2-4-6-15/h2-13,24H,1H3. The first-order valence-corrected chi connectivity index (χ1v) is 9.67. The molecule has 4 nitrogen and oxygen atoms in total. The molecule has 0 fully saturated rings. The van der Waals surface area contributed by atoms with Crippen molar-refractivity contribution in [2.75, 3.05) is 4.72 Å². The van der Waals surface area contributed by atoms with Crippen molar-refractivity contribution < 1.29 is 26.3 Å². The quantitative estimate of drug-likeness (QED) is 0.619. The van der Waals surface area contributed by atoms with Gasteiger partial charge in [0.25, 0.3) is 10.0 Å². The van der Waals surface area contributed by atoms with Crippen molar-refractivity contribution in [2.24, 2.45) is 0 Å². The lowest BCUT2D eigenvalue weighted by molar-refractivity contribution is -0.274. The number of halogens is 3. The molecule has 3 aromatic rings. The molecule has 0 atom stereocenters. The molecule has 0 aliphatic carbocycles. The van der Waals surface area contributed by atoms with Gasteiger partial charge in [0.05, 0.1) is 10.6 Å². The molecule has 28 heavy (non-hydrogen) atoms. The fraction of sp³-hybridized carbons (Fsp3) is 0.100. The van der Waals surface area contributed by atoms with E-state index in [2.05, 4.69) is 9.46 Å². The SMILES string of the molecule is Cc1ccc(S(=O)(=O)Nc2ccc(OC(F)(F)F)cc2-c2ccccc2)cc1. The third kappa shape index (κ3) is 4.83. The molecular formula is C20H16F3NO3S. The largest absolute Gasteiger partial charge is 0.573 e. The number of rotatable bonds is 5. The van der Waals surface area contributed by atoms with Crippen LogP contribution >= 0.6 is 0 Å². The lowest BCUT2D eigenvalue weighted by atomic mass is 10.0. The van der Waals surface area contributed by atoms with Crippen molar-refractivity contribution in [3.63, 3.8) is 0 Å². The van der Waals surface area contributed by atoms with E-state index in [9.17, 15) is 21.6 Å². The minimum Gasteiger partial charge on any atom is -0.406 e. The molecule has 8 heteroatoms. The molecule has 0 bridgehead atoms. The van der Waals surface area contributed by atoms with Crippen LogP contribution in [-0.4, -0.2) is 14.8 Å². The van der Waals surface area contributed by atoms with Gasteiger partial charge in [-0.25, -0.2) is 8.42 Å². The molecule has 0 heterocycles. The lowest BCUT2D eigenvalue weighted by Gasteiger charge is -2.16. The predicted octanol–water partition coefficient (Wildman–Crippen LogP) is 5.36. The van der Waals surface area contributed by atoms with Crippen LogP contribution in [0.2, 0.25) is 0 Å². The smallest absolute Gasteiger partial charge is 0.406 e. The molecule has 0 aliphatic rings. The molecule has 0 aromatic heterocycles. The van der Waals surface area contributed by atoms with Crippen molar-refractivity contribution in [1.82, 2.24) is 0 Å². The van der Waals surface area contributed by atoms with Gasteiger partial charge < -0.3 is 4.74 Å². The van der Waals surface area contributed by atoms with Crippen molar-refractivity contribution in [3.8, 4) is 16.9 Å². The van der Waals surface area contributed by atoms with Gasteiger partial charge in [0, 0.05) is 5.56 Å². The summed E-state index contributed by atoms with van der Waals surface area (Å²) in [6.07, 6.45) is -4.85. The number of nitrogens with one attached hydrogen (secondary N) is 1. The third-order valence-corrected chi connectivity index (χ3v) is 5.27. The summed E-state index contributed by atoms with van der Waals surface area (Å²) in [6, 6.07) is 18.2. The number of sulfonamides is 1. The van der Waals surface area contributed by atoms with Crippen LogP contribution in [0.5, 0.6) is 5.75 Å². The topological polar surface area (TPSA) is 55.4 Å². The van der Waals surface area contributed by atoms with Crippen LogP contribution in [0.4, 0.5) is 18.9 Å². The minimum absolute atomic E-state index is 0.0488. The molecule has 0 unspecified atom stereocenters. The second-order valence-corrected chi connectivity index (χ2v) is 7.72. The van der Waals surface area contributed by atoms with Crippen LogP contribution < -0.4 is 9.46 Å². The number of anilines is 1. The Hall–Kier alpha value is -3.00. The number of hydrogen-bond donors (Lipinski definition) is 1. The zero-order valence-electron chi connectivity index (χ0n) is 14.7. The maximum atomic E-state index is 12.7.